The molecule has 2 heterocycles. The summed E-state index contributed by atoms with van der Waals surface area (Å²) in [6.45, 7) is 3.97. The van der Waals surface area contributed by atoms with Crippen molar-refractivity contribution in [2.24, 2.45) is 5.92 Å². The molecular formula is C12H21FN2O. The predicted octanol–water partition coefficient (Wildman–Crippen LogP) is 1.29. The topological polar surface area (TPSA) is 23.6 Å². The fraction of sp³-hybridized carbons (Fsp3) is 0.917. The van der Waals surface area contributed by atoms with E-state index < -0.39 is 0 Å². The van der Waals surface area contributed by atoms with Crippen LogP contribution in [0.4, 0.5) is 4.39 Å². The van der Waals surface area contributed by atoms with Crippen LogP contribution < -0.4 is 0 Å². The minimum atomic E-state index is -0.200. The molecule has 0 atom stereocenters. The lowest BCUT2D eigenvalue weighted by atomic mass is 9.98. The molecule has 4 heteroatoms. The number of carbonyl (C=O) groups is 1. The van der Waals surface area contributed by atoms with E-state index >= 15 is 0 Å². The molecule has 0 aromatic heterocycles. The average molecular weight is 228 g/mol. The smallest absolute Gasteiger partial charge is 0.236 e. The minimum absolute atomic E-state index is 0.200. The number of alkyl halides is 1. The Balaban J connectivity index is 1.71. The van der Waals surface area contributed by atoms with E-state index in [1.807, 2.05) is 4.90 Å². The van der Waals surface area contributed by atoms with Gasteiger partial charge >= 0.3 is 0 Å². The molecular weight excluding hydrogens is 207 g/mol. The van der Waals surface area contributed by atoms with Crippen LogP contribution in [0.2, 0.25) is 0 Å². The highest BCUT2D eigenvalue weighted by Gasteiger charge is 2.24. The van der Waals surface area contributed by atoms with Crippen LogP contribution in [0.5, 0.6) is 0 Å². The van der Waals surface area contributed by atoms with Gasteiger partial charge < -0.3 is 4.90 Å². The zero-order valence-corrected chi connectivity index (χ0v) is 9.83. The molecule has 0 aromatic rings. The molecule has 16 heavy (non-hydrogen) atoms. The number of rotatable bonds is 3. The quantitative estimate of drug-likeness (QED) is 0.726. The summed E-state index contributed by atoms with van der Waals surface area (Å²) in [5.41, 5.74) is 0. The van der Waals surface area contributed by atoms with Crippen molar-refractivity contribution < 1.29 is 9.18 Å². The Morgan fingerprint density at radius 2 is 1.75 bits per heavy atom. The summed E-state index contributed by atoms with van der Waals surface area (Å²) >= 11 is 0. The van der Waals surface area contributed by atoms with E-state index in [1.54, 1.807) is 0 Å². The third-order valence-corrected chi connectivity index (χ3v) is 3.74. The highest BCUT2D eigenvalue weighted by atomic mass is 19.1. The second-order valence-corrected chi connectivity index (χ2v) is 4.96. The van der Waals surface area contributed by atoms with Crippen molar-refractivity contribution in [3.63, 3.8) is 0 Å². The zero-order valence-electron chi connectivity index (χ0n) is 9.83. The Morgan fingerprint density at radius 1 is 1.12 bits per heavy atom. The van der Waals surface area contributed by atoms with Crippen molar-refractivity contribution in [2.45, 2.75) is 25.7 Å². The van der Waals surface area contributed by atoms with Crippen LogP contribution in [0, 0.1) is 5.92 Å². The molecule has 1 amide bonds. The van der Waals surface area contributed by atoms with E-state index in [0.717, 1.165) is 51.9 Å². The molecule has 0 aromatic carbocycles. The third kappa shape index (κ3) is 2.94. The number of hydrogen-bond acceptors (Lipinski definition) is 2. The number of nitrogens with zero attached hydrogens (tertiary/aromatic N) is 2. The maximum Gasteiger partial charge on any atom is 0.236 e. The van der Waals surface area contributed by atoms with Gasteiger partial charge in [0, 0.05) is 13.1 Å². The summed E-state index contributed by atoms with van der Waals surface area (Å²) in [4.78, 5) is 16.0. The summed E-state index contributed by atoms with van der Waals surface area (Å²) in [6, 6.07) is 0. The largest absolute Gasteiger partial charge is 0.342 e. The van der Waals surface area contributed by atoms with E-state index in [0.29, 0.717) is 6.54 Å². The maximum atomic E-state index is 12.4. The lowest BCUT2D eigenvalue weighted by molar-refractivity contribution is -0.131. The normalized spacial score (nSPS) is 23.9. The van der Waals surface area contributed by atoms with Gasteiger partial charge in [0.2, 0.25) is 5.91 Å². The molecule has 2 rings (SSSR count). The van der Waals surface area contributed by atoms with Crippen LogP contribution in [0.1, 0.15) is 25.7 Å². The number of piperidine rings is 1. The minimum Gasteiger partial charge on any atom is -0.342 e. The molecule has 2 aliphatic heterocycles. The Bertz CT molecular complexity index is 233. The molecule has 2 fully saturated rings. The van der Waals surface area contributed by atoms with Crippen molar-refractivity contribution in [1.29, 1.82) is 0 Å². The second-order valence-electron chi connectivity index (χ2n) is 4.96. The van der Waals surface area contributed by atoms with Gasteiger partial charge in [-0.2, -0.15) is 0 Å². The Labute approximate surface area is 96.6 Å². The maximum absolute atomic E-state index is 12.4. The number of amides is 1. The Kier molecular flexibility index (Phi) is 4.16. The summed E-state index contributed by atoms with van der Waals surface area (Å²) < 4.78 is 12.4. The van der Waals surface area contributed by atoms with Crippen molar-refractivity contribution in [2.75, 3.05) is 39.4 Å². The predicted molar refractivity (Wildman–Crippen MR) is 61.0 cm³/mol. The number of hydrogen-bond donors (Lipinski definition) is 0. The number of halogens is 1. The lowest BCUT2D eigenvalue weighted by Gasteiger charge is -2.31. The molecule has 3 nitrogen and oxygen atoms in total. The average Bonchev–Trinajstić information content (AvgIpc) is 2.83. The molecule has 2 aliphatic rings. The zero-order chi connectivity index (χ0) is 11.4. The van der Waals surface area contributed by atoms with Crippen LogP contribution >= 0.6 is 0 Å². The summed E-state index contributed by atoms with van der Waals surface area (Å²) in [7, 11) is 0. The standard InChI is InChI=1S/C12H21FN2O/c13-9-11-3-7-14(8-4-11)10-12(16)15-5-1-2-6-15/h11H,1-10H2. The van der Waals surface area contributed by atoms with Gasteiger partial charge in [-0.25, -0.2) is 0 Å². The van der Waals surface area contributed by atoms with Crippen LogP contribution in [-0.2, 0) is 4.79 Å². The lowest BCUT2D eigenvalue weighted by Crippen LogP contribution is -2.42. The molecule has 0 spiro atoms. The van der Waals surface area contributed by atoms with E-state index in [4.69, 9.17) is 0 Å². The Morgan fingerprint density at radius 3 is 2.31 bits per heavy atom. The molecule has 0 N–H and O–H groups in total. The first kappa shape index (κ1) is 11.8. The fourth-order valence-corrected chi connectivity index (χ4v) is 2.56. The first-order valence-corrected chi connectivity index (χ1v) is 6.35. The van der Waals surface area contributed by atoms with Gasteiger partial charge in [-0.1, -0.05) is 0 Å². The number of likely N-dealkylation sites (tertiary alicyclic amines) is 2. The van der Waals surface area contributed by atoms with Crippen LogP contribution in [0.25, 0.3) is 0 Å². The van der Waals surface area contributed by atoms with Gasteiger partial charge in [-0.3, -0.25) is 14.1 Å². The van der Waals surface area contributed by atoms with Crippen molar-refractivity contribution in [3.8, 4) is 0 Å². The van der Waals surface area contributed by atoms with Crippen LogP contribution in [0.3, 0.4) is 0 Å². The van der Waals surface area contributed by atoms with Crippen molar-refractivity contribution >= 4 is 5.91 Å². The highest BCUT2D eigenvalue weighted by molar-refractivity contribution is 5.78. The highest BCUT2D eigenvalue weighted by Crippen LogP contribution is 2.17. The van der Waals surface area contributed by atoms with Gasteiger partial charge in [-0.15, -0.1) is 0 Å². The number of carbonyl (C=O) groups excluding carboxylic acids is 1. The summed E-state index contributed by atoms with van der Waals surface area (Å²) in [5, 5.41) is 0. The molecule has 0 aliphatic carbocycles. The molecule has 0 saturated carbocycles. The SMILES string of the molecule is O=C(CN1CCC(CF)CC1)N1CCCC1. The van der Waals surface area contributed by atoms with Gasteiger partial charge in [0.05, 0.1) is 13.2 Å². The van der Waals surface area contributed by atoms with Gasteiger partial charge in [0.1, 0.15) is 0 Å². The van der Waals surface area contributed by atoms with Crippen molar-refractivity contribution in [3.05, 3.63) is 0 Å². The monoisotopic (exact) mass is 228 g/mol. The first-order chi connectivity index (χ1) is 7.79. The van der Waals surface area contributed by atoms with E-state index in [2.05, 4.69) is 4.90 Å². The van der Waals surface area contributed by atoms with Gasteiger partial charge in [0.25, 0.3) is 0 Å². The summed E-state index contributed by atoms with van der Waals surface area (Å²) in [6.07, 6.45) is 4.11. The van der Waals surface area contributed by atoms with Crippen LogP contribution in [0.15, 0.2) is 0 Å². The van der Waals surface area contributed by atoms with E-state index in [9.17, 15) is 9.18 Å². The molecule has 0 radical (unpaired) electrons. The van der Waals surface area contributed by atoms with Gasteiger partial charge in [0.15, 0.2) is 0 Å². The van der Waals surface area contributed by atoms with E-state index in [-0.39, 0.29) is 18.5 Å². The van der Waals surface area contributed by atoms with Gasteiger partial charge in [-0.05, 0) is 44.7 Å². The fourth-order valence-electron chi connectivity index (χ4n) is 2.56. The summed E-state index contributed by atoms with van der Waals surface area (Å²) in [5.74, 6) is 0.495. The molecule has 0 bridgehead atoms. The first-order valence-electron chi connectivity index (χ1n) is 6.35. The Hall–Kier alpha value is -0.640. The van der Waals surface area contributed by atoms with E-state index in [1.165, 1.54) is 0 Å². The second kappa shape index (κ2) is 5.62. The molecule has 92 valence electrons. The van der Waals surface area contributed by atoms with Crippen LogP contribution in [-0.4, -0.2) is 55.1 Å². The third-order valence-electron chi connectivity index (χ3n) is 3.74. The van der Waals surface area contributed by atoms with Crippen molar-refractivity contribution in [1.82, 2.24) is 9.80 Å². The molecule has 2 saturated heterocycles. The molecule has 0 unspecified atom stereocenters.